The van der Waals surface area contributed by atoms with Crippen molar-refractivity contribution in [3.8, 4) is 0 Å². The minimum Gasteiger partial charge on any atom is -0.756 e. The van der Waals surface area contributed by atoms with Crippen molar-refractivity contribution in [1.29, 1.82) is 0 Å². The molecule has 0 aromatic rings. The lowest BCUT2D eigenvalue weighted by molar-refractivity contribution is -0.870. The number of quaternary nitrogens is 1. The number of rotatable bonds is 57. The molecule has 9 nitrogen and oxygen atoms in total. The lowest BCUT2D eigenvalue weighted by atomic mass is 10.0. The Morgan fingerprint density at radius 3 is 1.12 bits per heavy atom. The smallest absolute Gasteiger partial charge is 0.306 e. The molecule has 0 N–H and O–H groups in total. The van der Waals surface area contributed by atoms with E-state index in [-0.39, 0.29) is 32.0 Å². The molecule has 0 aromatic heterocycles. The molecule has 0 radical (unpaired) electrons. The third-order valence-electron chi connectivity index (χ3n) is 13.4. The summed E-state index contributed by atoms with van der Waals surface area (Å²) < 4.78 is 34.2. The molecule has 0 fully saturated rings. The quantitative estimate of drug-likeness (QED) is 0.0195. The van der Waals surface area contributed by atoms with Gasteiger partial charge in [-0.25, -0.2) is 0 Å². The Balaban J connectivity index is 4.02. The topological polar surface area (TPSA) is 111 Å². The van der Waals surface area contributed by atoms with E-state index in [1.54, 1.807) is 0 Å². The number of phosphoric ester groups is 1. The van der Waals surface area contributed by atoms with Crippen molar-refractivity contribution in [2.75, 3.05) is 47.5 Å². The summed E-state index contributed by atoms with van der Waals surface area (Å²) in [7, 11) is 1.17. The van der Waals surface area contributed by atoms with Crippen LogP contribution in [0, 0.1) is 0 Å². The number of allylic oxidation sites excluding steroid dienone is 14. The number of likely N-dealkylation sites (N-methyl/N-ethyl adjacent to an activating group) is 1. The first kappa shape index (κ1) is 73.2. The highest BCUT2D eigenvalue weighted by molar-refractivity contribution is 7.45. The molecule has 0 aliphatic carbocycles. The summed E-state index contributed by atoms with van der Waals surface area (Å²) in [6, 6.07) is 0. The zero-order valence-electron chi connectivity index (χ0n) is 49.9. The Hall–Kier alpha value is -2.81. The minimum atomic E-state index is -4.64. The van der Waals surface area contributed by atoms with Crippen molar-refractivity contribution in [1.82, 2.24) is 0 Å². The molecule has 2 atom stereocenters. The maximum Gasteiger partial charge on any atom is 0.306 e. The summed E-state index contributed by atoms with van der Waals surface area (Å²) >= 11 is 0. The van der Waals surface area contributed by atoms with Crippen LogP contribution in [0.15, 0.2) is 85.1 Å². The zero-order valence-corrected chi connectivity index (χ0v) is 50.8. The van der Waals surface area contributed by atoms with Crippen molar-refractivity contribution in [2.24, 2.45) is 0 Å². The first-order chi connectivity index (χ1) is 37.0. The van der Waals surface area contributed by atoms with Crippen LogP contribution in [0.1, 0.15) is 271 Å². The number of phosphoric acid groups is 1. The minimum absolute atomic E-state index is 0.0311. The lowest BCUT2D eigenvalue weighted by Gasteiger charge is -2.28. The number of carbonyl (C=O) groups is 2. The van der Waals surface area contributed by atoms with Crippen LogP contribution in [0.3, 0.4) is 0 Å². The molecule has 10 heteroatoms. The van der Waals surface area contributed by atoms with Gasteiger partial charge in [-0.15, -0.1) is 0 Å². The van der Waals surface area contributed by atoms with Crippen molar-refractivity contribution in [2.45, 2.75) is 277 Å². The summed E-state index contributed by atoms with van der Waals surface area (Å²) in [5.41, 5.74) is 0. The predicted molar refractivity (Wildman–Crippen MR) is 323 cm³/mol. The molecule has 0 saturated carbocycles. The maximum absolute atomic E-state index is 12.8. The van der Waals surface area contributed by atoms with Gasteiger partial charge in [0.25, 0.3) is 7.82 Å². The molecule has 0 rings (SSSR count). The summed E-state index contributed by atoms with van der Waals surface area (Å²) in [6.45, 7) is 4.15. The van der Waals surface area contributed by atoms with Crippen LogP contribution in [0.25, 0.3) is 0 Å². The second-order valence-corrected chi connectivity index (χ2v) is 23.5. The first-order valence-corrected chi connectivity index (χ1v) is 32.8. The molecule has 0 saturated heterocycles. The van der Waals surface area contributed by atoms with Crippen LogP contribution in [0.5, 0.6) is 0 Å². The van der Waals surface area contributed by atoms with Gasteiger partial charge in [0.1, 0.15) is 19.8 Å². The van der Waals surface area contributed by atoms with Crippen LogP contribution in [0.2, 0.25) is 0 Å². The fourth-order valence-corrected chi connectivity index (χ4v) is 9.37. The van der Waals surface area contributed by atoms with Crippen LogP contribution < -0.4 is 4.89 Å². The van der Waals surface area contributed by atoms with Gasteiger partial charge >= 0.3 is 11.9 Å². The van der Waals surface area contributed by atoms with Gasteiger partial charge in [-0.1, -0.05) is 272 Å². The monoisotopic (exact) mass is 1080 g/mol. The Morgan fingerprint density at radius 2 is 0.750 bits per heavy atom. The molecule has 0 heterocycles. The van der Waals surface area contributed by atoms with E-state index >= 15 is 0 Å². The van der Waals surface area contributed by atoms with Crippen LogP contribution in [-0.4, -0.2) is 70.0 Å². The van der Waals surface area contributed by atoms with E-state index in [4.69, 9.17) is 18.5 Å². The fraction of sp³-hybridized carbons (Fsp3) is 0.758. The van der Waals surface area contributed by atoms with Gasteiger partial charge in [0, 0.05) is 12.8 Å². The molecular weight excluding hydrogens is 966 g/mol. The van der Waals surface area contributed by atoms with Crippen LogP contribution >= 0.6 is 7.82 Å². The number of hydrogen-bond donors (Lipinski definition) is 0. The summed E-state index contributed by atoms with van der Waals surface area (Å²) in [6.07, 6.45) is 76.4. The Morgan fingerprint density at radius 1 is 0.421 bits per heavy atom. The predicted octanol–water partition coefficient (Wildman–Crippen LogP) is 19.2. The van der Waals surface area contributed by atoms with E-state index in [1.165, 1.54) is 154 Å². The molecule has 0 aliphatic heterocycles. The maximum atomic E-state index is 12.8. The van der Waals surface area contributed by atoms with E-state index in [1.807, 2.05) is 21.1 Å². The second-order valence-electron chi connectivity index (χ2n) is 22.0. The molecule has 0 spiro atoms. The van der Waals surface area contributed by atoms with Gasteiger partial charge in [-0.05, 0) is 70.6 Å². The molecule has 0 bridgehead atoms. The standard InChI is InChI=1S/C66H118NO8P/c1-6-8-10-12-14-16-18-20-22-23-24-25-26-27-28-29-30-31-32-33-34-35-36-37-38-39-40-41-42-43-45-47-49-51-53-55-57-59-66(69)75-64(63-74-76(70,71)73-61-60-67(3,4)5)62-72-65(68)58-56-54-52-50-48-46-44-21-19-17-15-13-11-9-7-2/h8,10,14,16,20,22,24-25,27-28,30-31,33-34,64H,6-7,9,11-13,15,17-19,21,23,26,29,32,35-63H2,1-5H3/b10-8-,16-14-,22-20-,25-24-,28-27-,31-30-,34-33-. The van der Waals surface area contributed by atoms with Crippen LogP contribution in [0.4, 0.5) is 0 Å². The Kier molecular flexibility index (Phi) is 54.8. The van der Waals surface area contributed by atoms with Gasteiger partial charge in [0.05, 0.1) is 27.7 Å². The van der Waals surface area contributed by atoms with Crippen molar-refractivity contribution in [3.05, 3.63) is 85.1 Å². The van der Waals surface area contributed by atoms with E-state index in [2.05, 4.69) is 98.9 Å². The van der Waals surface area contributed by atoms with Crippen molar-refractivity contribution in [3.63, 3.8) is 0 Å². The number of nitrogens with zero attached hydrogens (tertiary/aromatic N) is 1. The van der Waals surface area contributed by atoms with Gasteiger partial charge in [-0.2, -0.15) is 0 Å². The highest BCUT2D eigenvalue weighted by Crippen LogP contribution is 2.38. The van der Waals surface area contributed by atoms with E-state index in [0.29, 0.717) is 17.4 Å². The highest BCUT2D eigenvalue weighted by Gasteiger charge is 2.22. The molecule has 440 valence electrons. The van der Waals surface area contributed by atoms with Gasteiger partial charge < -0.3 is 27.9 Å². The SMILES string of the molecule is CC/C=C\C/C=C\C/C=C\C/C=C\C/C=C\C/C=C\C/C=C\CCCCCCCCCCCCCCCCCC(=O)OC(COC(=O)CCCCCCCCCCCCCCCCC)COP(=O)([O-])OCC[N+](C)(C)C. The molecule has 0 aromatic carbocycles. The number of carbonyl (C=O) groups excluding carboxylic acids is 2. The summed E-state index contributed by atoms with van der Waals surface area (Å²) in [4.78, 5) is 37.9. The highest BCUT2D eigenvalue weighted by atomic mass is 31.2. The van der Waals surface area contributed by atoms with Gasteiger partial charge in [0.2, 0.25) is 0 Å². The zero-order chi connectivity index (χ0) is 55.6. The largest absolute Gasteiger partial charge is 0.756 e. The fourth-order valence-electron chi connectivity index (χ4n) is 8.64. The Bertz CT molecular complexity index is 1560. The molecule has 2 unspecified atom stereocenters. The van der Waals surface area contributed by atoms with E-state index < -0.39 is 26.5 Å². The lowest BCUT2D eigenvalue weighted by Crippen LogP contribution is -2.37. The molecular formula is C66H118NO8P. The summed E-state index contributed by atoms with van der Waals surface area (Å²) in [5.74, 6) is -0.825. The van der Waals surface area contributed by atoms with E-state index in [9.17, 15) is 19.0 Å². The average Bonchev–Trinajstić information content (AvgIpc) is 3.38. The van der Waals surface area contributed by atoms with Crippen molar-refractivity contribution >= 4 is 19.8 Å². The van der Waals surface area contributed by atoms with Crippen molar-refractivity contribution < 1.29 is 42.1 Å². The van der Waals surface area contributed by atoms with Gasteiger partial charge in [0.15, 0.2) is 6.10 Å². The molecule has 0 aliphatic rings. The summed E-state index contributed by atoms with van der Waals surface area (Å²) in [5, 5.41) is 0. The second kappa shape index (κ2) is 56.9. The van der Waals surface area contributed by atoms with Gasteiger partial charge in [-0.3, -0.25) is 14.2 Å². The average molecular weight is 1080 g/mol. The first-order valence-electron chi connectivity index (χ1n) is 31.3. The third kappa shape index (κ3) is 60.4. The number of esters is 2. The normalized spacial score (nSPS) is 13.8. The number of hydrogen-bond acceptors (Lipinski definition) is 8. The molecule has 0 amide bonds. The number of unbranched alkanes of at least 4 members (excludes halogenated alkanes) is 29. The number of ether oxygens (including phenoxy) is 2. The third-order valence-corrected chi connectivity index (χ3v) is 14.4. The Labute approximate surface area is 469 Å². The van der Waals surface area contributed by atoms with E-state index in [0.717, 1.165) is 83.5 Å². The molecule has 76 heavy (non-hydrogen) atoms. The van der Waals surface area contributed by atoms with Crippen LogP contribution in [-0.2, 0) is 32.7 Å².